The van der Waals surface area contributed by atoms with Crippen LogP contribution in [0.2, 0.25) is 0 Å². The van der Waals surface area contributed by atoms with Crippen molar-refractivity contribution in [2.24, 2.45) is 10.8 Å². The molecule has 1 nitrogen and oxygen atoms in total. The Balaban J connectivity index is 3.00. The highest BCUT2D eigenvalue weighted by atomic mass is 16.5. The van der Waals surface area contributed by atoms with Gasteiger partial charge in [-0.3, -0.25) is 0 Å². The van der Waals surface area contributed by atoms with Crippen LogP contribution < -0.4 is 0 Å². The van der Waals surface area contributed by atoms with Gasteiger partial charge in [0.2, 0.25) is 0 Å². The van der Waals surface area contributed by atoms with Crippen LogP contribution in [0.4, 0.5) is 0 Å². The quantitative estimate of drug-likeness (QED) is 0.569. The van der Waals surface area contributed by atoms with Crippen molar-refractivity contribution in [2.45, 2.75) is 41.5 Å². The van der Waals surface area contributed by atoms with Crippen molar-refractivity contribution in [1.82, 2.24) is 0 Å². The lowest BCUT2D eigenvalue weighted by molar-refractivity contribution is 0.161. The molecule has 0 aromatic carbocycles. The average molecular weight is 206 g/mol. The first-order valence-corrected chi connectivity index (χ1v) is 5.42. The number of hydrogen-bond acceptors (Lipinski definition) is 1. The maximum absolute atomic E-state index is 5.95. The monoisotopic (exact) mass is 206 g/mol. The van der Waals surface area contributed by atoms with Gasteiger partial charge in [-0.15, -0.1) is 0 Å². The predicted octanol–water partition coefficient (Wildman–Crippen LogP) is 4.43. The Morgan fingerprint density at radius 1 is 0.867 bits per heavy atom. The summed E-state index contributed by atoms with van der Waals surface area (Å²) in [5, 5.41) is 0. The number of ether oxygens (including phenoxy) is 1. The zero-order valence-electron chi connectivity index (χ0n) is 10.8. The Morgan fingerprint density at radius 3 is 1.47 bits per heavy atom. The van der Waals surface area contributed by atoms with Crippen LogP contribution in [0.15, 0.2) is 35.8 Å². The van der Waals surface area contributed by atoms with Gasteiger partial charge in [-0.2, -0.15) is 0 Å². The van der Waals surface area contributed by atoms with Gasteiger partial charge in [-0.25, -0.2) is 0 Å². The Hall–Kier alpha value is -0.980. The van der Waals surface area contributed by atoms with Crippen molar-refractivity contribution in [1.29, 1.82) is 0 Å². The molecule has 0 saturated carbocycles. The number of hydrogen-bond donors (Lipinski definition) is 0. The van der Waals surface area contributed by atoms with E-state index in [1.54, 1.807) is 0 Å². The fraction of sp³-hybridized carbons (Fsp3) is 0.571. The van der Waals surface area contributed by atoms with Crippen LogP contribution in [0, 0.1) is 10.8 Å². The van der Waals surface area contributed by atoms with Crippen LogP contribution in [0.25, 0.3) is 0 Å². The number of allylic oxidation sites excluding steroid dienone is 5. The van der Waals surface area contributed by atoms with Crippen LogP contribution in [-0.2, 0) is 4.74 Å². The third-order valence-corrected chi connectivity index (χ3v) is 2.33. The van der Waals surface area contributed by atoms with Gasteiger partial charge in [0, 0.05) is 10.8 Å². The largest absolute Gasteiger partial charge is 0.465 e. The summed E-state index contributed by atoms with van der Waals surface area (Å²) in [4.78, 5) is 0. The molecule has 0 aromatic heterocycles. The third-order valence-electron chi connectivity index (χ3n) is 2.33. The first-order valence-electron chi connectivity index (χ1n) is 5.42. The van der Waals surface area contributed by atoms with Crippen molar-refractivity contribution < 1.29 is 4.74 Å². The van der Waals surface area contributed by atoms with Crippen molar-refractivity contribution in [3.63, 3.8) is 0 Å². The fourth-order valence-corrected chi connectivity index (χ4v) is 1.30. The van der Waals surface area contributed by atoms with Crippen LogP contribution in [-0.4, -0.2) is 0 Å². The van der Waals surface area contributed by atoms with Crippen LogP contribution in [0.1, 0.15) is 41.5 Å². The van der Waals surface area contributed by atoms with E-state index in [0.717, 1.165) is 17.1 Å². The van der Waals surface area contributed by atoms with Gasteiger partial charge in [-0.1, -0.05) is 48.1 Å². The van der Waals surface area contributed by atoms with Gasteiger partial charge in [0.1, 0.15) is 11.5 Å². The molecule has 0 spiro atoms. The first-order chi connectivity index (χ1) is 6.60. The van der Waals surface area contributed by atoms with Gasteiger partial charge < -0.3 is 4.74 Å². The molecule has 1 aliphatic heterocycles. The van der Waals surface area contributed by atoms with Crippen molar-refractivity contribution in [2.75, 3.05) is 0 Å². The van der Waals surface area contributed by atoms with Gasteiger partial charge in [0.15, 0.2) is 0 Å². The van der Waals surface area contributed by atoms with Gasteiger partial charge in [0.05, 0.1) is 0 Å². The minimum atomic E-state index is 0.0354. The molecule has 1 aliphatic rings. The molecular formula is C14H22O. The first kappa shape index (κ1) is 12.1. The second-order valence-electron chi connectivity index (χ2n) is 6.19. The van der Waals surface area contributed by atoms with E-state index < -0.39 is 0 Å². The third kappa shape index (κ3) is 2.98. The van der Waals surface area contributed by atoms with Crippen molar-refractivity contribution in [3.05, 3.63) is 35.8 Å². The molecule has 0 fully saturated rings. The van der Waals surface area contributed by atoms with E-state index in [9.17, 15) is 0 Å². The smallest absolute Gasteiger partial charge is 0.109 e. The summed E-state index contributed by atoms with van der Waals surface area (Å²) in [5.41, 5.74) is 1.10. The lowest BCUT2D eigenvalue weighted by atomic mass is 9.87. The molecule has 0 amide bonds. The molecule has 0 N–H and O–H groups in total. The van der Waals surface area contributed by atoms with E-state index >= 15 is 0 Å². The Kier molecular flexibility index (Phi) is 2.86. The lowest BCUT2D eigenvalue weighted by Crippen LogP contribution is -2.20. The molecule has 84 valence electrons. The van der Waals surface area contributed by atoms with Crippen LogP contribution in [0.5, 0.6) is 0 Å². The second-order valence-corrected chi connectivity index (χ2v) is 6.19. The molecule has 0 aromatic rings. The summed E-state index contributed by atoms with van der Waals surface area (Å²) in [7, 11) is 0. The highest BCUT2D eigenvalue weighted by Crippen LogP contribution is 2.38. The van der Waals surface area contributed by atoms with E-state index in [4.69, 9.17) is 4.74 Å². The molecule has 1 rings (SSSR count). The summed E-state index contributed by atoms with van der Waals surface area (Å²) in [6.07, 6.45) is 4.05. The summed E-state index contributed by atoms with van der Waals surface area (Å²) in [6, 6.07) is 0. The van der Waals surface area contributed by atoms with Crippen molar-refractivity contribution >= 4 is 0 Å². The molecule has 1 heterocycles. The standard InChI is InChI=1S/C14H22O/c1-10-8-11(13(2,3)4)15-12(9-10)14(5,6)7/h8-9H,1H2,2-7H3. The van der Waals surface area contributed by atoms with E-state index in [0.29, 0.717) is 0 Å². The summed E-state index contributed by atoms with van der Waals surface area (Å²) >= 11 is 0. The zero-order valence-corrected chi connectivity index (χ0v) is 10.8. The molecular weight excluding hydrogens is 184 g/mol. The second kappa shape index (κ2) is 3.55. The molecule has 0 saturated heterocycles. The highest BCUT2D eigenvalue weighted by Gasteiger charge is 2.28. The van der Waals surface area contributed by atoms with Gasteiger partial charge in [-0.05, 0) is 17.7 Å². The van der Waals surface area contributed by atoms with E-state index in [-0.39, 0.29) is 10.8 Å². The van der Waals surface area contributed by atoms with Crippen LogP contribution >= 0.6 is 0 Å². The molecule has 0 aliphatic carbocycles. The molecule has 0 unspecified atom stereocenters. The maximum atomic E-state index is 5.95. The SMILES string of the molecule is C=C1C=C(C(C)(C)C)OC(C(C)(C)C)=C1. The summed E-state index contributed by atoms with van der Waals surface area (Å²) in [5.74, 6) is 2.00. The molecule has 1 heteroatoms. The topological polar surface area (TPSA) is 9.23 Å². The van der Waals surface area contributed by atoms with Crippen LogP contribution in [0.3, 0.4) is 0 Å². The summed E-state index contributed by atoms with van der Waals surface area (Å²) in [6.45, 7) is 16.9. The average Bonchev–Trinajstić information content (AvgIpc) is 1.99. The minimum Gasteiger partial charge on any atom is -0.465 e. The molecule has 0 bridgehead atoms. The Morgan fingerprint density at radius 2 is 1.20 bits per heavy atom. The normalized spacial score (nSPS) is 18.1. The van der Waals surface area contributed by atoms with E-state index in [1.807, 2.05) is 12.2 Å². The minimum absolute atomic E-state index is 0.0354. The molecule has 0 radical (unpaired) electrons. The highest BCUT2D eigenvalue weighted by molar-refractivity contribution is 5.37. The Labute approximate surface area is 93.5 Å². The maximum Gasteiger partial charge on any atom is 0.109 e. The zero-order chi connectivity index (χ0) is 11.9. The van der Waals surface area contributed by atoms with Gasteiger partial charge in [0.25, 0.3) is 0 Å². The van der Waals surface area contributed by atoms with Crippen molar-refractivity contribution in [3.8, 4) is 0 Å². The van der Waals surface area contributed by atoms with E-state index in [2.05, 4.69) is 48.1 Å². The lowest BCUT2D eigenvalue weighted by Gasteiger charge is -2.32. The van der Waals surface area contributed by atoms with Gasteiger partial charge >= 0.3 is 0 Å². The Bertz CT molecular complexity index is 297. The molecule has 15 heavy (non-hydrogen) atoms. The summed E-state index contributed by atoms with van der Waals surface area (Å²) < 4.78 is 5.95. The van der Waals surface area contributed by atoms with E-state index in [1.165, 1.54) is 0 Å². The molecule has 0 atom stereocenters. The number of rotatable bonds is 0. The predicted molar refractivity (Wildman–Crippen MR) is 65.3 cm³/mol. The fourth-order valence-electron chi connectivity index (χ4n) is 1.30.